The zero-order chi connectivity index (χ0) is 13.2. The van der Waals surface area contributed by atoms with Crippen molar-refractivity contribution in [2.45, 2.75) is 6.54 Å². The Labute approximate surface area is 115 Å². The van der Waals surface area contributed by atoms with Gasteiger partial charge in [-0.2, -0.15) is 9.97 Å². The van der Waals surface area contributed by atoms with Gasteiger partial charge in [0.1, 0.15) is 0 Å². The van der Waals surface area contributed by atoms with Crippen LogP contribution in [0.3, 0.4) is 0 Å². The van der Waals surface area contributed by atoms with Gasteiger partial charge >= 0.3 is 0 Å². The molecule has 1 aliphatic heterocycles. The van der Waals surface area contributed by atoms with Crippen LogP contribution in [0.4, 0.5) is 5.82 Å². The predicted molar refractivity (Wildman–Crippen MR) is 72.4 cm³/mol. The van der Waals surface area contributed by atoms with Crippen LogP contribution in [0.25, 0.3) is 11.2 Å². The van der Waals surface area contributed by atoms with Crippen molar-refractivity contribution < 1.29 is 4.74 Å². The highest BCUT2D eigenvalue weighted by atomic mass is 35.5. The minimum atomic E-state index is 0.229. The Hall–Kier alpha value is -1.44. The van der Waals surface area contributed by atoms with E-state index in [9.17, 15) is 0 Å². The molecule has 7 nitrogen and oxygen atoms in total. The number of halogens is 1. The maximum atomic E-state index is 6.02. The summed E-state index contributed by atoms with van der Waals surface area (Å²) in [5, 5.41) is 0.229. The standard InChI is InChI=1S/C11H15ClN6O/c12-11-15-9(17-3-5-19-6-4-17)8-10(16-11)18(2-1-13)7-14-8/h7H,1-6,13H2. The van der Waals surface area contributed by atoms with Crippen LogP contribution in [-0.2, 0) is 11.3 Å². The van der Waals surface area contributed by atoms with Crippen LogP contribution in [0.5, 0.6) is 0 Å². The molecule has 0 atom stereocenters. The zero-order valence-corrected chi connectivity index (χ0v) is 11.2. The first-order valence-electron chi connectivity index (χ1n) is 6.20. The van der Waals surface area contributed by atoms with E-state index in [1.54, 1.807) is 6.33 Å². The monoisotopic (exact) mass is 282 g/mol. The molecule has 0 aliphatic carbocycles. The summed E-state index contributed by atoms with van der Waals surface area (Å²) in [6, 6.07) is 0. The van der Waals surface area contributed by atoms with Gasteiger partial charge in [0.2, 0.25) is 5.28 Å². The van der Waals surface area contributed by atoms with Gasteiger partial charge in [0.15, 0.2) is 17.0 Å². The third-order valence-electron chi connectivity index (χ3n) is 3.10. The van der Waals surface area contributed by atoms with Crippen LogP contribution >= 0.6 is 11.6 Å². The van der Waals surface area contributed by atoms with E-state index in [2.05, 4.69) is 19.9 Å². The number of nitrogens with two attached hydrogens (primary N) is 1. The Bertz CT molecular complexity index is 580. The van der Waals surface area contributed by atoms with Crippen LogP contribution in [0.2, 0.25) is 5.28 Å². The van der Waals surface area contributed by atoms with E-state index in [1.165, 1.54) is 0 Å². The molecule has 2 N–H and O–H groups in total. The summed E-state index contributed by atoms with van der Waals surface area (Å²) in [6.07, 6.45) is 1.73. The molecule has 0 amide bonds. The average molecular weight is 283 g/mol. The van der Waals surface area contributed by atoms with E-state index in [0.29, 0.717) is 26.3 Å². The van der Waals surface area contributed by atoms with Gasteiger partial charge in [-0.15, -0.1) is 0 Å². The van der Waals surface area contributed by atoms with Gasteiger partial charge in [0, 0.05) is 26.2 Å². The number of ether oxygens (including phenoxy) is 1. The van der Waals surface area contributed by atoms with Crippen LogP contribution in [0, 0.1) is 0 Å². The zero-order valence-electron chi connectivity index (χ0n) is 10.4. The largest absolute Gasteiger partial charge is 0.378 e. The lowest BCUT2D eigenvalue weighted by atomic mass is 10.3. The van der Waals surface area contributed by atoms with E-state index < -0.39 is 0 Å². The number of rotatable bonds is 3. The fraction of sp³-hybridized carbons (Fsp3) is 0.545. The average Bonchev–Trinajstić information content (AvgIpc) is 2.83. The first-order valence-corrected chi connectivity index (χ1v) is 6.58. The second-order valence-electron chi connectivity index (χ2n) is 4.31. The molecule has 8 heteroatoms. The van der Waals surface area contributed by atoms with E-state index in [-0.39, 0.29) is 5.28 Å². The summed E-state index contributed by atoms with van der Waals surface area (Å²) in [6.45, 7) is 4.13. The minimum absolute atomic E-state index is 0.229. The maximum absolute atomic E-state index is 6.02. The number of hydrogen-bond donors (Lipinski definition) is 1. The summed E-state index contributed by atoms with van der Waals surface area (Å²) in [4.78, 5) is 15.1. The van der Waals surface area contributed by atoms with Crippen LogP contribution in [0.1, 0.15) is 0 Å². The van der Waals surface area contributed by atoms with Gasteiger partial charge in [-0.3, -0.25) is 0 Å². The number of anilines is 1. The predicted octanol–water partition coefficient (Wildman–Crippen LogP) is 0.275. The minimum Gasteiger partial charge on any atom is -0.378 e. The second-order valence-corrected chi connectivity index (χ2v) is 4.65. The Morgan fingerprint density at radius 1 is 1.32 bits per heavy atom. The lowest BCUT2D eigenvalue weighted by Crippen LogP contribution is -2.37. The molecule has 19 heavy (non-hydrogen) atoms. The highest BCUT2D eigenvalue weighted by Crippen LogP contribution is 2.24. The van der Waals surface area contributed by atoms with Crippen LogP contribution in [-0.4, -0.2) is 52.4 Å². The van der Waals surface area contributed by atoms with Crippen LogP contribution < -0.4 is 10.6 Å². The number of fused-ring (bicyclic) bond motifs is 1. The molecule has 1 saturated heterocycles. The number of morpholine rings is 1. The van der Waals surface area contributed by atoms with Crippen molar-refractivity contribution in [2.75, 3.05) is 37.7 Å². The molecule has 1 fully saturated rings. The first-order chi connectivity index (χ1) is 9.29. The molecule has 0 radical (unpaired) electrons. The SMILES string of the molecule is NCCn1cnc2c(N3CCOCC3)nc(Cl)nc21. The number of imidazole rings is 1. The van der Waals surface area contributed by atoms with E-state index in [1.807, 2.05) is 4.57 Å². The fourth-order valence-electron chi connectivity index (χ4n) is 2.20. The van der Waals surface area contributed by atoms with Crippen molar-refractivity contribution >= 4 is 28.6 Å². The van der Waals surface area contributed by atoms with Crippen molar-refractivity contribution in [1.82, 2.24) is 19.5 Å². The topological polar surface area (TPSA) is 82.1 Å². The van der Waals surface area contributed by atoms with Gasteiger partial charge in [-0.25, -0.2) is 4.98 Å². The van der Waals surface area contributed by atoms with E-state index in [4.69, 9.17) is 22.1 Å². The van der Waals surface area contributed by atoms with E-state index >= 15 is 0 Å². The molecule has 3 heterocycles. The van der Waals surface area contributed by atoms with Gasteiger partial charge in [0.05, 0.1) is 19.5 Å². The summed E-state index contributed by atoms with van der Waals surface area (Å²) in [7, 11) is 0. The molecule has 3 rings (SSSR count). The van der Waals surface area contributed by atoms with Gasteiger partial charge in [-0.1, -0.05) is 0 Å². The van der Waals surface area contributed by atoms with Crippen molar-refractivity contribution in [3.63, 3.8) is 0 Å². The van der Waals surface area contributed by atoms with Crippen molar-refractivity contribution in [3.05, 3.63) is 11.6 Å². The Kier molecular flexibility index (Phi) is 3.50. The third-order valence-corrected chi connectivity index (χ3v) is 3.27. The van der Waals surface area contributed by atoms with Gasteiger partial charge in [-0.05, 0) is 11.6 Å². The molecular weight excluding hydrogens is 268 g/mol. The molecule has 102 valence electrons. The highest BCUT2D eigenvalue weighted by molar-refractivity contribution is 6.28. The summed E-state index contributed by atoms with van der Waals surface area (Å²) < 4.78 is 7.24. The summed E-state index contributed by atoms with van der Waals surface area (Å²) in [5.41, 5.74) is 7.07. The van der Waals surface area contributed by atoms with Crippen molar-refractivity contribution in [2.24, 2.45) is 5.73 Å². The molecule has 0 saturated carbocycles. The second kappa shape index (κ2) is 5.28. The lowest BCUT2D eigenvalue weighted by molar-refractivity contribution is 0.122. The summed E-state index contributed by atoms with van der Waals surface area (Å²) in [5.74, 6) is 0.772. The third kappa shape index (κ3) is 2.36. The Morgan fingerprint density at radius 3 is 2.84 bits per heavy atom. The summed E-state index contributed by atoms with van der Waals surface area (Å²) >= 11 is 6.02. The van der Waals surface area contributed by atoms with E-state index in [0.717, 1.165) is 30.1 Å². The highest BCUT2D eigenvalue weighted by Gasteiger charge is 2.19. The molecule has 0 aromatic carbocycles. The Morgan fingerprint density at radius 2 is 2.11 bits per heavy atom. The number of hydrogen-bond acceptors (Lipinski definition) is 6. The molecule has 0 spiro atoms. The van der Waals surface area contributed by atoms with Gasteiger partial charge < -0.3 is 19.9 Å². The molecule has 1 aliphatic rings. The quantitative estimate of drug-likeness (QED) is 0.814. The smallest absolute Gasteiger partial charge is 0.226 e. The van der Waals surface area contributed by atoms with Crippen molar-refractivity contribution in [3.8, 4) is 0 Å². The fourth-order valence-corrected chi connectivity index (χ4v) is 2.36. The molecule has 0 unspecified atom stereocenters. The molecule has 2 aromatic rings. The van der Waals surface area contributed by atoms with Crippen molar-refractivity contribution in [1.29, 1.82) is 0 Å². The molecular formula is C11H15ClN6O. The number of nitrogens with zero attached hydrogens (tertiary/aromatic N) is 5. The van der Waals surface area contributed by atoms with Crippen LogP contribution in [0.15, 0.2) is 6.33 Å². The molecule has 2 aromatic heterocycles. The van der Waals surface area contributed by atoms with Gasteiger partial charge in [0.25, 0.3) is 0 Å². The normalized spacial score (nSPS) is 16.2. The molecule has 0 bridgehead atoms. The number of aromatic nitrogens is 4. The Balaban J connectivity index is 2.07. The maximum Gasteiger partial charge on any atom is 0.226 e. The lowest BCUT2D eigenvalue weighted by Gasteiger charge is -2.27. The first kappa shape index (κ1) is 12.6.